The SMILES string of the molecule is N#Cc1ccc(OC2CCC(n3cc(-c4ccc(C(=O)NCCCCCCC(=O)NOC(c5ccccc5)(c5ccccc5)c5ccccc5)cc4)nn3)CC2)cc1Cl. The number of benzene rings is 5. The molecule has 0 atom stereocenters. The van der Waals surface area contributed by atoms with E-state index in [1.54, 1.807) is 18.2 Å². The Kier molecular flexibility index (Phi) is 13.8. The molecule has 5 aromatic carbocycles. The van der Waals surface area contributed by atoms with E-state index in [1.807, 2.05) is 126 Å². The third-order valence-electron chi connectivity index (χ3n) is 10.8. The Morgan fingerprint density at radius 2 is 1.39 bits per heavy atom. The molecule has 0 unspecified atom stereocenters. The number of aromatic nitrogens is 3. The van der Waals surface area contributed by atoms with Gasteiger partial charge in [0.05, 0.1) is 28.9 Å². The normalized spacial score (nSPS) is 15.2. The molecule has 1 heterocycles. The number of nitriles is 1. The predicted molar refractivity (Wildman–Crippen MR) is 227 cm³/mol. The number of unbranched alkanes of at least 4 members (excludes halogenated alkanes) is 3. The zero-order chi connectivity index (χ0) is 40.9. The Labute approximate surface area is 350 Å². The van der Waals surface area contributed by atoms with Crippen LogP contribution in [0.5, 0.6) is 5.75 Å². The molecule has 1 aliphatic carbocycles. The van der Waals surface area contributed by atoms with Crippen LogP contribution in [0.2, 0.25) is 5.02 Å². The average Bonchev–Trinajstić information content (AvgIpc) is 3.78. The van der Waals surface area contributed by atoms with Crippen LogP contribution < -0.4 is 15.5 Å². The van der Waals surface area contributed by atoms with Crippen molar-refractivity contribution in [3.8, 4) is 23.1 Å². The molecule has 59 heavy (non-hydrogen) atoms. The first kappa shape index (κ1) is 40.9. The number of hydrogen-bond donors (Lipinski definition) is 2. The van der Waals surface area contributed by atoms with Crippen molar-refractivity contribution in [2.45, 2.75) is 75.5 Å². The second-order valence-corrected chi connectivity index (χ2v) is 15.2. The molecule has 0 bridgehead atoms. The lowest BCUT2D eigenvalue weighted by Gasteiger charge is -2.35. The van der Waals surface area contributed by atoms with Gasteiger partial charge in [-0.25, -0.2) is 10.2 Å². The summed E-state index contributed by atoms with van der Waals surface area (Å²) in [5.41, 5.74) is 7.14. The first-order valence-corrected chi connectivity index (χ1v) is 20.6. The van der Waals surface area contributed by atoms with Crippen molar-refractivity contribution in [1.29, 1.82) is 5.26 Å². The van der Waals surface area contributed by atoms with Gasteiger partial charge in [0, 0.05) is 30.2 Å². The monoisotopic (exact) mass is 806 g/mol. The molecule has 2 amide bonds. The van der Waals surface area contributed by atoms with Crippen molar-refractivity contribution in [3.05, 3.63) is 172 Å². The Balaban J connectivity index is 0.815. The second kappa shape index (κ2) is 19.9. The van der Waals surface area contributed by atoms with Crippen molar-refractivity contribution < 1.29 is 19.2 Å². The van der Waals surface area contributed by atoms with Gasteiger partial charge in [0.1, 0.15) is 17.5 Å². The molecule has 0 spiro atoms. The Morgan fingerprint density at radius 1 is 0.780 bits per heavy atom. The number of ether oxygens (including phenoxy) is 1. The number of hydroxylamine groups is 1. The van der Waals surface area contributed by atoms with Gasteiger partial charge in [-0.05, 0) is 79.5 Å². The Bertz CT molecular complexity index is 2230. The predicted octanol–water partition coefficient (Wildman–Crippen LogP) is 9.75. The smallest absolute Gasteiger partial charge is 0.251 e. The molecule has 2 N–H and O–H groups in total. The molecule has 0 radical (unpaired) electrons. The molecule has 1 saturated carbocycles. The van der Waals surface area contributed by atoms with E-state index in [9.17, 15) is 9.59 Å². The third kappa shape index (κ3) is 10.2. The standard InChI is InChI=1S/C48H47ClN6O4/c49-44-32-43(28-25-37(44)33-50)58-42-29-26-41(27-30-42)55-34-45(52-54-55)35-21-23-36(24-22-35)47(57)51-31-13-2-1-12-20-46(56)53-59-48(38-14-6-3-7-15-38,39-16-8-4-9-17-39)40-18-10-5-11-19-40/h3-11,14-19,21-25,28,32,34,41-42H,1-2,12-13,20,26-27,29-31H2,(H,51,57)(H,53,56). The minimum Gasteiger partial charge on any atom is -0.490 e. The van der Waals surface area contributed by atoms with E-state index in [2.05, 4.69) is 27.2 Å². The van der Waals surface area contributed by atoms with E-state index in [-0.39, 0.29) is 24.0 Å². The zero-order valence-electron chi connectivity index (χ0n) is 32.8. The molecule has 6 aromatic rings. The van der Waals surface area contributed by atoms with Crippen molar-refractivity contribution in [1.82, 2.24) is 25.8 Å². The van der Waals surface area contributed by atoms with Crippen molar-refractivity contribution >= 4 is 23.4 Å². The van der Waals surface area contributed by atoms with Crippen LogP contribution >= 0.6 is 11.6 Å². The van der Waals surface area contributed by atoms with Crippen LogP contribution in [-0.4, -0.2) is 39.5 Å². The van der Waals surface area contributed by atoms with Crippen LogP contribution in [0.3, 0.4) is 0 Å². The number of rotatable bonds is 17. The molecule has 0 aliphatic heterocycles. The van der Waals surface area contributed by atoms with E-state index >= 15 is 0 Å². The fraction of sp³-hybridized carbons (Fsp3) is 0.271. The van der Waals surface area contributed by atoms with Crippen LogP contribution in [0, 0.1) is 11.3 Å². The summed E-state index contributed by atoms with van der Waals surface area (Å²) in [6.07, 6.45) is 9.16. The fourth-order valence-corrected chi connectivity index (χ4v) is 7.82. The highest BCUT2D eigenvalue weighted by Crippen LogP contribution is 2.40. The summed E-state index contributed by atoms with van der Waals surface area (Å²) in [4.78, 5) is 32.4. The minimum atomic E-state index is -1.03. The van der Waals surface area contributed by atoms with E-state index in [0.29, 0.717) is 41.3 Å². The van der Waals surface area contributed by atoms with Crippen LogP contribution in [0.4, 0.5) is 0 Å². The number of hydrogen-bond acceptors (Lipinski definition) is 7. The summed E-state index contributed by atoms with van der Waals surface area (Å²) in [6.45, 7) is 0.548. The molecular formula is C48H47ClN6O4. The first-order chi connectivity index (χ1) is 28.9. The van der Waals surface area contributed by atoms with E-state index in [4.69, 9.17) is 26.4 Å². The molecule has 7 rings (SSSR count). The molecule has 10 nitrogen and oxygen atoms in total. The number of nitrogens with one attached hydrogen (secondary N) is 2. The molecule has 1 aromatic heterocycles. The van der Waals surface area contributed by atoms with Gasteiger partial charge < -0.3 is 10.1 Å². The Morgan fingerprint density at radius 3 is 1.98 bits per heavy atom. The number of halogens is 1. The highest BCUT2D eigenvalue weighted by molar-refractivity contribution is 6.31. The minimum absolute atomic E-state index is 0.0737. The lowest BCUT2D eigenvalue weighted by Crippen LogP contribution is -2.40. The summed E-state index contributed by atoms with van der Waals surface area (Å²) in [7, 11) is 0. The summed E-state index contributed by atoms with van der Waals surface area (Å²) in [5.74, 6) is 0.364. The fourth-order valence-electron chi connectivity index (χ4n) is 7.61. The molecule has 300 valence electrons. The van der Waals surface area contributed by atoms with Crippen LogP contribution in [-0.2, 0) is 15.2 Å². The van der Waals surface area contributed by atoms with Gasteiger partial charge in [-0.15, -0.1) is 5.10 Å². The summed E-state index contributed by atoms with van der Waals surface area (Å²) in [5, 5.41) is 21.3. The molecule has 0 saturated heterocycles. The number of amides is 2. The molecule has 1 aliphatic rings. The lowest BCUT2D eigenvalue weighted by molar-refractivity contribution is -0.143. The van der Waals surface area contributed by atoms with Gasteiger partial charge in [0.15, 0.2) is 5.60 Å². The highest BCUT2D eigenvalue weighted by atomic mass is 35.5. The number of nitrogens with zero attached hydrogens (tertiary/aromatic N) is 4. The van der Waals surface area contributed by atoms with Crippen LogP contribution in [0.25, 0.3) is 11.3 Å². The van der Waals surface area contributed by atoms with Gasteiger partial charge in [0.25, 0.3) is 5.91 Å². The average molecular weight is 807 g/mol. The van der Waals surface area contributed by atoms with Crippen LogP contribution in [0.15, 0.2) is 140 Å². The maximum Gasteiger partial charge on any atom is 0.251 e. The van der Waals surface area contributed by atoms with Crippen molar-refractivity contribution in [2.24, 2.45) is 0 Å². The van der Waals surface area contributed by atoms with E-state index in [1.165, 1.54) is 0 Å². The third-order valence-corrected chi connectivity index (χ3v) is 11.1. The maximum absolute atomic E-state index is 13.1. The summed E-state index contributed by atoms with van der Waals surface area (Å²) >= 11 is 6.17. The summed E-state index contributed by atoms with van der Waals surface area (Å²) < 4.78 is 8.07. The molecule has 1 fully saturated rings. The lowest BCUT2D eigenvalue weighted by atomic mass is 9.80. The van der Waals surface area contributed by atoms with Gasteiger partial charge in [-0.1, -0.05) is 133 Å². The quantitative estimate of drug-likeness (QED) is 0.0533. The number of carbonyl (C=O) groups excluding carboxylic acids is 2. The van der Waals surface area contributed by atoms with Crippen molar-refractivity contribution in [3.63, 3.8) is 0 Å². The zero-order valence-corrected chi connectivity index (χ0v) is 33.6. The van der Waals surface area contributed by atoms with Gasteiger partial charge >= 0.3 is 0 Å². The van der Waals surface area contributed by atoms with Gasteiger partial charge in [0.2, 0.25) is 5.91 Å². The molecular weight excluding hydrogens is 760 g/mol. The largest absolute Gasteiger partial charge is 0.490 e. The van der Waals surface area contributed by atoms with Gasteiger partial charge in [-0.3, -0.25) is 14.4 Å². The van der Waals surface area contributed by atoms with Gasteiger partial charge in [-0.2, -0.15) is 5.26 Å². The highest BCUT2D eigenvalue weighted by Gasteiger charge is 2.39. The van der Waals surface area contributed by atoms with E-state index in [0.717, 1.165) is 72.9 Å². The first-order valence-electron chi connectivity index (χ1n) is 20.2. The number of carbonyl (C=O) groups is 2. The second-order valence-electron chi connectivity index (χ2n) is 14.8. The van der Waals surface area contributed by atoms with Crippen LogP contribution in [0.1, 0.15) is 96.4 Å². The Hall–Kier alpha value is -6.28. The summed E-state index contributed by atoms with van der Waals surface area (Å²) in [6, 6.07) is 44.7. The van der Waals surface area contributed by atoms with E-state index < -0.39 is 5.60 Å². The maximum atomic E-state index is 13.1. The van der Waals surface area contributed by atoms with Crippen molar-refractivity contribution in [2.75, 3.05) is 6.54 Å². The topological polar surface area (TPSA) is 131 Å². The molecule has 11 heteroatoms.